The second kappa shape index (κ2) is 13.5. The summed E-state index contributed by atoms with van der Waals surface area (Å²) in [7, 11) is 0. The van der Waals surface area contributed by atoms with E-state index in [1.165, 1.54) is 9.80 Å². The van der Waals surface area contributed by atoms with Gasteiger partial charge in [-0.2, -0.15) is 0 Å². The van der Waals surface area contributed by atoms with Gasteiger partial charge in [0.1, 0.15) is 0 Å². The summed E-state index contributed by atoms with van der Waals surface area (Å²) < 4.78 is 9.47. The van der Waals surface area contributed by atoms with Gasteiger partial charge in [-0.15, -0.1) is 0 Å². The van der Waals surface area contributed by atoms with Gasteiger partial charge in [-0.1, -0.05) is 0 Å². The Balaban J connectivity index is 4.04. The molecule has 26 heavy (non-hydrogen) atoms. The highest BCUT2D eigenvalue weighted by Gasteiger charge is 2.10. The van der Waals surface area contributed by atoms with Crippen molar-refractivity contribution in [2.24, 2.45) is 0 Å². The molecule has 4 amide bonds. The highest BCUT2D eigenvalue weighted by atomic mass is 16.5. The predicted molar refractivity (Wildman–Crippen MR) is 94.0 cm³/mol. The molecule has 0 aromatic rings. The van der Waals surface area contributed by atoms with E-state index >= 15 is 0 Å². The molecule has 2 N–H and O–H groups in total. The topological polar surface area (TPSA) is 117 Å². The molecule has 0 heterocycles. The van der Waals surface area contributed by atoms with E-state index in [0.717, 1.165) is 12.2 Å². The fraction of sp³-hybridized carbons (Fsp3) is 0.625. The van der Waals surface area contributed by atoms with E-state index < -0.39 is 11.9 Å². The number of nitrogens with zero attached hydrogens (tertiary/aromatic N) is 2. The molecule has 0 saturated heterocycles. The molecule has 0 aliphatic rings. The van der Waals surface area contributed by atoms with Crippen molar-refractivity contribution < 1.29 is 28.7 Å². The molecule has 10 nitrogen and oxygen atoms in total. The zero-order valence-electron chi connectivity index (χ0n) is 15.7. The molecule has 0 rings (SSSR count). The lowest BCUT2D eigenvalue weighted by molar-refractivity contribution is -0.141. The van der Waals surface area contributed by atoms with E-state index in [4.69, 9.17) is 9.47 Å². The predicted octanol–water partition coefficient (Wildman–Crippen LogP) is 0.647. The van der Waals surface area contributed by atoms with Crippen LogP contribution in [0.2, 0.25) is 0 Å². The third kappa shape index (κ3) is 9.50. The molecular weight excluding hydrogens is 344 g/mol. The van der Waals surface area contributed by atoms with Crippen LogP contribution in [0.1, 0.15) is 27.7 Å². The fourth-order valence-electron chi connectivity index (χ4n) is 1.82. The molecule has 148 valence electrons. The van der Waals surface area contributed by atoms with Crippen LogP contribution in [0.3, 0.4) is 0 Å². The van der Waals surface area contributed by atoms with Gasteiger partial charge in [-0.3, -0.25) is 0 Å². The zero-order chi connectivity index (χ0) is 19.9. The summed E-state index contributed by atoms with van der Waals surface area (Å²) in [5, 5.41) is 4.83. The van der Waals surface area contributed by atoms with Crippen LogP contribution in [0.5, 0.6) is 0 Å². The number of amides is 4. The largest absolute Gasteiger partial charge is 0.441 e. The summed E-state index contributed by atoms with van der Waals surface area (Å²) in [6.07, 6.45) is 1.75. The van der Waals surface area contributed by atoms with Crippen LogP contribution in [0.15, 0.2) is 12.2 Å². The van der Waals surface area contributed by atoms with E-state index in [9.17, 15) is 19.2 Å². The van der Waals surface area contributed by atoms with Gasteiger partial charge >= 0.3 is 24.0 Å². The van der Waals surface area contributed by atoms with Gasteiger partial charge in [0, 0.05) is 38.3 Å². The number of hydrogen-bond donors (Lipinski definition) is 2. The van der Waals surface area contributed by atoms with Gasteiger partial charge in [-0.05, 0) is 27.7 Å². The summed E-state index contributed by atoms with van der Waals surface area (Å²) >= 11 is 0. The Morgan fingerprint density at radius 1 is 0.692 bits per heavy atom. The quantitative estimate of drug-likeness (QED) is 0.330. The molecule has 0 saturated carbocycles. The summed E-state index contributed by atoms with van der Waals surface area (Å²) in [6.45, 7) is 8.82. The number of hydrogen-bond acceptors (Lipinski definition) is 6. The van der Waals surface area contributed by atoms with Crippen molar-refractivity contribution in [1.82, 2.24) is 20.4 Å². The van der Waals surface area contributed by atoms with Gasteiger partial charge in [-0.25, -0.2) is 19.2 Å². The van der Waals surface area contributed by atoms with Gasteiger partial charge in [0.25, 0.3) is 0 Å². The van der Waals surface area contributed by atoms with E-state index in [1.54, 1.807) is 0 Å². The molecule has 0 fully saturated rings. The first kappa shape index (κ1) is 23.2. The van der Waals surface area contributed by atoms with Crippen molar-refractivity contribution in [3.05, 3.63) is 12.2 Å². The van der Waals surface area contributed by atoms with Crippen molar-refractivity contribution in [3.8, 4) is 0 Å². The number of urea groups is 2. The number of carbonyl (C=O) groups excluding carboxylic acids is 4. The number of ether oxygens (including phenoxy) is 2. The third-order valence-corrected chi connectivity index (χ3v) is 3.33. The first-order chi connectivity index (χ1) is 12.4. The first-order valence-electron chi connectivity index (χ1n) is 8.46. The molecule has 0 radical (unpaired) electrons. The normalized spacial score (nSPS) is 10.2. The number of esters is 2. The van der Waals surface area contributed by atoms with Gasteiger partial charge in [0.05, 0.1) is 0 Å². The Labute approximate surface area is 153 Å². The average molecular weight is 372 g/mol. The number of carbonyl (C=O) groups is 4. The van der Waals surface area contributed by atoms with E-state index in [2.05, 4.69) is 10.6 Å². The van der Waals surface area contributed by atoms with Crippen molar-refractivity contribution >= 4 is 24.0 Å². The summed E-state index contributed by atoms with van der Waals surface area (Å²) in [6, 6.07) is -0.703. The van der Waals surface area contributed by atoms with E-state index in [-0.39, 0.29) is 25.5 Å². The molecule has 0 aliphatic heterocycles. The van der Waals surface area contributed by atoms with Gasteiger partial charge < -0.3 is 29.9 Å². The fourth-order valence-corrected chi connectivity index (χ4v) is 1.82. The molecule has 0 unspecified atom stereocenters. The minimum absolute atomic E-state index is 0.312. The minimum Gasteiger partial charge on any atom is -0.441 e. The Bertz CT molecular complexity index is 457. The molecule has 0 spiro atoms. The molecule has 10 heteroatoms. The van der Waals surface area contributed by atoms with Crippen molar-refractivity contribution in [3.63, 3.8) is 0 Å². The molecule has 0 aromatic heterocycles. The van der Waals surface area contributed by atoms with Crippen LogP contribution in [-0.4, -0.2) is 73.4 Å². The SMILES string of the molecule is CCN(CC)C(=O)NCOC(=O)/C=C/C(=O)OCNC(=O)N(CC)CC. The van der Waals surface area contributed by atoms with Crippen LogP contribution in [0.25, 0.3) is 0 Å². The van der Waals surface area contributed by atoms with Crippen molar-refractivity contribution in [1.29, 1.82) is 0 Å². The highest BCUT2D eigenvalue weighted by molar-refractivity contribution is 5.91. The maximum absolute atomic E-state index is 11.6. The zero-order valence-corrected chi connectivity index (χ0v) is 15.7. The number of nitrogens with one attached hydrogen (secondary N) is 2. The lowest BCUT2D eigenvalue weighted by Gasteiger charge is -2.18. The third-order valence-electron chi connectivity index (χ3n) is 3.33. The van der Waals surface area contributed by atoms with Crippen molar-refractivity contribution in [2.75, 3.05) is 39.6 Å². The second-order valence-corrected chi connectivity index (χ2v) is 4.86. The maximum atomic E-state index is 11.6. The molecular formula is C16H28N4O6. The Hall–Kier alpha value is -2.78. The lowest BCUT2D eigenvalue weighted by atomic mass is 10.5. The number of rotatable bonds is 10. The van der Waals surface area contributed by atoms with Crippen LogP contribution in [-0.2, 0) is 19.1 Å². The first-order valence-corrected chi connectivity index (χ1v) is 8.46. The van der Waals surface area contributed by atoms with Crippen LogP contribution in [0.4, 0.5) is 9.59 Å². The Morgan fingerprint density at radius 2 is 1.00 bits per heavy atom. The smallest absolute Gasteiger partial charge is 0.332 e. The van der Waals surface area contributed by atoms with Crippen LogP contribution >= 0.6 is 0 Å². The van der Waals surface area contributed by atoms with Crippen LogP contribution in [0, 0.1) is 0 Å². The monoisotopic (exact) mass is 372 g/mol. The van der Waals surface area contributed by atoms with E-state index in [0.29, 0.717) is 26.2 Å². The standard InChI is InChI=1S/C16H28N4O6/c1-5-19(6-2)15(23)17-11-25-13(21)9-10-14(22)26-12-18-16(24)20(7-3)8-4/h9-10H,5-8,11-12H2,1-4H3,(H,17,23)(H,18,24)/b10-9+. The molecule has 0 atom stereocenters. The summed E-state index contributed by atoms with van der Waals surface area (Å²) in [5.74, 6) is -1.62. The van der Waals surface area contributed by atoms with Gasteiger partial charge in [0.15, 0.2) is 13.5 Å². The average Bonchev–Trinajstić information content (AvgIpc) is 2.62. The molecule has 0 aromatic carbocycles. The van der Waals surface area contributed by atoms with Crippen molar-refractivity contribution in [2.45, 2.75) is 27.7 Å². The Morgan fingerprint density at radius 3 is 1.27 bits per heavy atom. The Kier molecular flexibility index (Phi) is 12.1. The second-order valence-electron chi connectivity index (χ2n) is 4.86. The lowest BCUT2D eigenvalue weighted by Crippen LogP contribution is -2.41. The highest BCUT2D eigenvalue weighted by Crippen LogP contribution is 1.90. The van der Waals surface area contributed by atoms with Gasteiger partial charge in [0.2, 0.25) is 0 Å². The summed E-state index contributed by atoms with van der Waals surface area (Å²) in [4.78, 5) is 49.1. The molecule has 0 bridgehead atoms. The molecule has 0 aliphatic carbocycles. The van der Waals surface area contributed by atoms with E-state index in [1.807, 2.05) is 27.7 Å². The summed E-state index contributed by atoms with van der Waals surface area (Å²) in [5.41, 5.74) is 0. The maximum Gasteiger partial charge on any atom is 0.332 e. The van der Waals surface area contributed by atoms with Crippen LogP contribution < -0.4 is 10.6 Å². The minimum atomic E-state index is -0.811.